The molecule has 1 aromatic carbocycles. The van der Waals surface area contributed by atoms with Gasteiger partial charge in [0, 0.05) is 54.9 Å². The lowest BCUT2D eigenvalue weighted by molar-refractivity contribution is -0.132. The molecular weight excluding hydrogens is 375 g/mol. The second-order valence-corrected chi connectivity index (χ2v) is 7.60. The minimum Gasteiger partial charge on any atom is -0.340 e. The molecule has 0 bridgehead atoms. The van der Waals surface area contributed by atoms with Crippen LogP contribution >= 0.6 is 23.2 Å². The number of piperazine rings is 1. The summed E-state index contributed by atoms with van der Waals surface area (Å²) in [4.78, 5) is 29.0. The van der Waals surface area contributed by atoms with E-state index in [-0.39, 0.29) is 17.9 Å². The third kappa shape index (κ3) is 5.10. The maximum Gasteiger partial charge on any atom is 0.241 e. The van der Waals surface area contributed by atoms with Gasteiger partial charge in [0.25, 0.3) is 0 Å². The molecule has 0 saturated carbocycles. The first-order valence-corrected chi connectivity index (χ1v) is 9.78. The third-order valence-electron chi connectivity index (χ3n) is 4.88. The van der Waals surface area contributed by atoms with Gasteiger partial charge in [-0.25, -0.2) is 0 Å². The van der Waals surface area contributed by atoms with Crippen LogP contribution in [-0.2, 0) is 9.59 Å². The van der Waals surface area contributed by atoms with Crippen LogP contribution in [0.2, 0.25) is 10.0 Å². The van der Waals surface area contributed by atoms with E-state index in [1.165, 1.54) is 0 Å². The van der Waals surface area contributed by atoms with Crippen LogP contribution in [-0.4, -0.2) is 66.9 Å². The summed E-state index contributed by atoms with van der Waals surface area (Å²) in [7, 11) is 0. The van der Waals surface area contributed by atoms with Gasteiger partial charge in [0.1, 0.15) is 0 Å². The van der Waals surface area contributed by atoms with Crippen LogP contribution in [0, 0.1) is 0 Å². The Bertz CT molecular complexity index is 644. The van der Waals surface area contributed by atoms with Gasteiger partial charge in [-0.2, -0.15) is 0 Å². The predicted octanol–water partition coefficient (Wildman–Crippen LogP) is 2.22. The van der Waals surface area contributed by atoms with E-state index in [1.807, 2.05) is 4.90 Å². The summed E-state index contributed by atoms with van der Waals surface area (Å²) in [5.74, 6) is 0.0923. The zero-order chi connectivity index (χ0) is 18.5. The fourth-order valence-corrected chi connectivity index (χ4v) is 4.08. The summed E-state index contributed by atoms with van der Waals surface area (Å²) in [6.07, 6.45) is 2.20. The Hall–Kier alpha value is -1.34. The van der Waals surface area contributed by atoms with Gasteiger partial charge >= 0.3 is 0 Å². The van der Waals surface area contributed by atoms with Crippen LogP contribution in [0.25, 0.3) is 0 Å². The highest BCUT2D eigenvalue weighted by Crippen LogP contribution is 2.24. The standard InChI is InChI=1S/C18H24Cl2N4O2/c19-13-10-14(20)12-15(11-13)22-18(26)16-2-1-6-23(16)7-3-17(25)24-8-4-21-5-9-24/h10-12,16,21H,1-9H2,(H,22,26). The number of likely N-dealkylation sites (tertiary alicyclic amines) is 1. The lowest BCUT2D eigenvalue weighted by atomic mass is 10.2. The number of amides is 2. The fourth-order valence-electron chi connectivity index (χ4n) is 3.55. The predicted molar refractivity (Wildman–Crippen MR) is 104 cm³/mol. The second kappa shape index (κ2) is 9.04. The molecule has 1 atom stereocenters. The summed E-state index contributed by atoms with van der Waals surface area (Å²) in [5, 5.41) is 7.11. The molecule has 0 aromatic heterocycles. The molecular formula is C18H24Cl2N4O2. The van der Waals surface area contributed by atoms with Crippen molar-refractivity contribution in [3.8, 4) is 0 Å². The van der Waals surface area contributed by atoms with Crippen LogP contribution in [0.3, 0.4) is 0 Å². The van der Waals surface area contributed by atoms with E-state index in [1.54, 1.807) is 18.2 Å². The normalized spacial score (nSPS) is 21.0. The maximum absolute atomic E-state index is 12.7. The molecule has 2 N–H and O–H groups in total. The molecule has 2 heterocycles. The highest BCUT2D eigenvalue weighted by molar-refractivity contribution is 6.35. The van der Waals surface area contributed by atoms with Crippen molar-refractivity contribution in [1.29, 1.82) is 0 Å². The SMILES string of the molecule is O=C(Nc1cc(Cl)cc(Cl)c1)C1CCCN1CCC(=O)N1CCNCC1. The first-order chi connectivity index (χ1) is 12.5. The van der Waals surface area contributed by atoms with Crippen LogP contribution < -0.4 is 10.6 Å². The van der Waals surface area contributed by atoms with Crippen LogP contribution in [0.1, 0.15) is 19.3 Å². The molecule has 8 heteroatoms. The highest BCUT2D eigenvalue weighted by atomic mass is 35.5. The number of hydrogen-bond donors (Lipinski definition) is 2. The van der Waals surface area contributed by atoms with Crippen LogP contribution in [0.4, 0.5) is 5.69 Å². The molecule has 0 aliphatic carbocycles. The molecule has 2 amide bonds. The van der Waals surface area contributed by atoms with Crippen molar-refractivity contribution in [2.75, 3.05) is 44.6 Å². The van der Waals surface area contributed by atoms with Crippen molar-refractivity contribution in [2.24, 2.45) is 0 Å². The Labute approximate surface area is 163 Å². The minimum atomic E-state index is -0.219. The van der Waals surface area contributed by atoms with Gasteiger partial charge in [-0.05, 0) is 37.6 Å². The van der Waals surface area contributed by atoms with Crippen molar-refractivity contribution in [3.05, 3.63) is 28.2 Å². The highest BCUT2D eigenvalue weighted by Gasteiger charge is 2.31. The summed E-state index contributed by atoms with van der Waals surface area (Å²) in [5.41, 5.74) is 0.594. The van der Waals surface area contributed by atoms with Crippen molar-refractivity contribution in [3.63, 3.8) is 0 Å². The van der Waals surface area contributed by atoms with Crippen molar-refractivity contribution < 1.29 is 9.59 Å². The van der Waals surface area contributed by atoms with Crippen molar-refractivity contribution in [1.82, 2.24) is 15.1 Å². The maximum atomic E-state index is 12.7. The van der Waals surface area contributed by atoms with E-state index in [0.717, 1.165) is 45.6 Å². The largest absolute Gasteiger partial charge is 0.340 e. The van der Waals surface area contributed by atoms with Crippen LogP contribution in [0.15, 0.2) is 18.2 Å². The van der Waals surface area contributed by atoms with Gasteiger partial charge in [-0.15, -0.1) is 0 Å². The Kier molecular flexibility index (Phi) is 6.75. The number of halogens is 2. The van der Waals surface area contributed by atoms with Crippen LogP contribution in [0.5, 0.6) is 0 Å². The zero-order valence-electron chi connectivity index (χ0n) is 14.6. The number of nitrogens with zero attached hydrogens (tertiary/aromatic N) is 2. The Balaban J connectivity index is 1.53. The number of nitrogens with one attached hydrogen (secondary N) is 2. The quantitative estimate of drug-likeness (QED) is 0.797. The molecule has 6 nitrogen and oxygen atoms in total. The van der Waals surface area contributed by atoms with Gasteiger partial charge in [-0.1, -0.05) is 23.2 Å². The molecule has 2 fully saturated rings. The summed E-state index contributed by atoms with van der Waals surface area (Å²) in [6.45, 7) is 4.67. The summed E-state index contributed by atoms with van der Waals surface area (Å²) < 4.78 is 0. The van der Waals surface area contributed by atoms with E-state index in [0.29, 0.717) is 28.7 Å². The third-order valence-corrected chi connectivity index (χ3v) is 5.32. The monoisotopic (exact) mass is 398 g/mol. The molecule has 0 radical (unpaired) electrons. The van der Waals surface area contributed by atoms with Crippen molar-refractivity contribution >= 4 is 40.7 Å². The minimum absolute atomic E-state index is 0.0737. The Morgan fingerprint density at radius 3 is 2.50 bits per heavy atom. The van der Waals surface area contributed by atoms with E-state index >= 15 is 0 Å². The molecule has 3 rings (SSSR count). The second-order valence-electron chi connectivity index (χ2n) is 6.72. The van der Waals surface area contributed by atoms with Crippen molar-refractivity contribution in [2.45, 2.75) is 25.3 Å². The number of hydrogen-bond acceptors (Lipinski definition) is 4. The number of benzene rings is 1. The Morgan fingerprint density at radius 2 is 1.81 bits per heavy atom. The summed E-state index contributed by atoms with van der Waals surface area (Å²) >= 11 is 12.0. The molecule has 0 spiro atoms. The zero-order valence-corrected chi connectivity index (χ0v) is 16.2. The van der Waals surface area contributed by atoms with E-state index < -0.39 is 0 Å². The van der Waals surface area contributed by atoms with Gasteiger partial charge in [-0.3, -0.25) is 14.5 Å². The van der Waals surface area contributed by atoms with Gasteiger partial charge in [0.2, 0.25) is 11.8 Å². The lowest BCUT2D eigenvalue weighted by Gasteiger charge is -2.29. The smallest absolute Gasteiger partial charge is 0.241 e. The fraction of sp³-hybridized carbons (Fsp3) is 0.556. The summed E-state index contributed by atoms with van der Waals surface area (Å²) in [6, 6.07) is 4.77. The van der Waals surface area contributed by atoms with Gasteiger partial charge in [0.15, 0.2) is 0 Å². The number of carbonyl (C=O) groups is 2. The van der Waals surface area contributed by atoms with E-state index in [2.05, 4.69) is 15.5 Å². The molecule has 2 aliphatic heterocycles. The topological polar surface area (TPSA) is 64.7 Å². The lowest BCUT2D eigenvalue weighted by Crippen LogP contribution is -2.47. The van der Waals surface area contributed by atoms with Gasteiger partial charge < -0.3 is 15.5 Å². The number of rotatable bonds is 5. The van der Waals surface area contributed by atoms with E-state index in [9.17, 15) is 9.59 Å². The van der Waals surface area contributed by atoms with E-state index in [4.69, 9.17) is 23.2 Å². The molecule has 2 aliphatic rings. The molecule has 26 heavy (non-hydrogen) atoms. The number of carbonyl (C=O) groups excluding carboxylic acids is 2. The first-order valence-electron chi connectivity index (χ1n) is 9.02. The number of anilines is 1. The molecule has 1 unspecified atom stereocenters. The average Bonchev–Trinajstić information content (AvgIpc) is 3.08. The first kappa shape index (κ1) is 19.4. The molecule has 1 aromatic rings. The Morgan fingerprint density at radius 1 is 1.12 bits per heavy atom. The van der Waals surface area contributed by atoms with Gasteiger partial charge in [0.05, 0.1) is 6.04 Å². The molecule has 142 valence electrons. The average molecular weight is 399 g/mol. The molecule has 2 saturated heterocycles.